The summed E-state index contributed by atoms with van der Waals surface area (Å²) in [6.07, 6.45) is 2.28. The van der Waals surface area contributed by atoms with Crippen molar-refractivity contribution in [3.05, 3.63) is 41.5 Å². The summed E-state index contributed by atoms with van der Waals surface area (Å²) in [5.74, 6) is -0.105. The highest BCUT2D eigenvalue weighted by atomic mass is 19.1. The lowest BCUT2D eigenvalue weighted by atomic mass is 10.0. The van der Waals surface area contributed by atoms with Crippen LogP contribution in [0.1, 0.15) is 17.3 Å². The van der Waals surface area contributed by atoms with E-state index in [1.165, 1.54) is 13.2 Å². The number of aromatic nitrogens is 3. The minimum Gasteiger partial charge on any atom is -0.494 e. The molecular weight excluding hydrogens is 235 g/mol. The van der Waals surface area contributed by atoms with Crippen LogP contribution in [-0.4, -0.2) is 29.6 Å². The molecule has 0 spiro atoms. The number of rotatable bonds is 5. The van der Waals surface area contributed by atoms with Crippen molar-refractivity contribution in [2.75, 3.05) is 14.2 Å². The molecule has 0 radical (unpaired) electrons. The number of hydrogen-bond acceptors (Lipinski definition) is 4. The number of likely N-dealkylation sites (N-methyl/N-ethyl adjacent to an activating group) is 1. The number of nitrogens with one attached hydrogen (secondary N) is 2. The predicted molar refractivity (Wildman–Crippen MR) is 64.8 cm³/mol. The summed E-state index contributed by atoms with van der Waals surface area (Å²) in [4.78, 5) is 0. The Morgan fingerprint density at radius 3 is 2.89 bits per heavy atom. The third-order valence-corrected chi connectivity index (χ3v) is 2.80. The topological polar surface area (TPSA) is 62.8 Å². The lowest BCUT2D eigenvalue weighted by Crippen LogP contribution is -2.19. The van der Waals surface area contributed by atoms with Gasteiger partial charge in [-0.25, -0.2) is 4.39 Å². The molecule has 18 heavy (non-hydrogen) atoms. The maximum absolute atomic E-state index is 13.6. The fourth-order valence-electron chi connectivity index (χ4n) is 1.81. The van der Waals surface area contributed by atoms with E-state index in [0.29, 0.717) is 6.42 Å². The number of nitrogens with zero attached hydrogens (tertiary/aromatic N) is 2. The Kier molecular flexibility index (Phi) is 3.88. The number of H-pyrrole nitrogens is 1. The molecule has 2 rings (SSSR count). The van der Waals surface area contributed by atoms with Gasteiger partial charge in [-0.15, -0.1) is 0 Å². The molecular formula is C12H15FN4O. The van der Waals surface area contributed by atoms with Crippen LogP contribution in [0.15, 0.2) is 24.4 Å². The molecule has 0 aliphatic carbocycles. The Hall–Kier alpha value is -1.95. The second kappa shape index (κ2) is 5.59. The number of methoxy groups -OCH3 is 1. The Labute approximate surface area is 104 Å². The molecule has 1 unspecified atom stereocenters. The molecule has 2 aromatic rings. The molecule has 0 saturated carbocycles. The average Bonchev–Trinajstić information content (AvgIpc) is 2.90. The molecule has 0 saturated heterocycles. The predicted octanol–water partition coefficient (Wildman–Crippen LogP) is 1.46. The highest BCUT2D eigenvalue weighted by Crippen LogP contribution is 2.21. The van der Waals surface area contributed by atoms with Crippen LogP contribution in [0.3, 0.4) is 0 Å². The van der Waals surface area contributed by atoms with Crippen LogP contribution in [0.25, 0.3) is 0 Å². The highest BCUT2D eigenvalue weighted by molar-refractivity contribution is 5.30. The number of aromatic amines is 1. The van der Waals surface area contributed by atoms with Gasteiger partial charge in [0.1, 0.15) is 0 Å². The van der Waals surface area contributed by atoms with E-state index in [1.54, 1.807) is 12.3 Å². The van der Waals surface area contributed by atoms with E-state index in [1.807, 2.05) is 13.1 Å². The van der Waals surface area contributed by atoms with Crippen molar-refractivity contribution in [3.63, 3.8) is 0 Å². The van der Waals surface area contributed by atoms with Crippen LogP contribution in [0.5, 0.6) is 5.75 Å². The summed E-state index contributed by atoms with van der Waals surface area (Å²) < 4.78 is 18.5. The maximum Gasteiger partial charge on any atom is 0.165 e. The molecule has 1 heterocycles. The molecule has 0 aliphatic heterocycles. The molecule has 5 nitrogen and oxygen atoms in total. The van der Waals surface area contributed by atoms with E-state index >= 15 is 0 Å². The first-order valence-corrected chi connectivity index (χ1v) is 5.60. The lowest BCUT2D eigenvalue weighted by Gasteiger charge is -2.13. The number of benzene rings is 1. The molecule has 1 aromatic heterocycles. The van der Waals surface area contributed by atoms with E-state index in [0.717, 1.165) is 11.3 Å². The molecule has 6 heteroatoms. The van der Waals surface area contributed by atoms with Crippen molar-refractivity contribution < 1.29 is 9.13 Å². The Balaban J connectivity index is 2.15. The Bertz CT molecular complexity index is 501. The van der Waals surface area contributed by atoms with E-state index < -0.39 is 0 Å². The summed E-state index contributed by atoms with van der Waals surface area (Å²) in [6, 6.07) is 4.94. The van der Waals surface area contributed by atoms with Gasteiger partial charge in [0.2, 0.25) is 0 Å². The lowest BCUT2D eigenvalue weighted by molar-refractivity contribution is 0.386. The zero-order chi connectivity index (χ0) is 13.0. The molecule has 1 atom stereocenters. The van der Waals surface area contributed by atoms with Crippen molar-refractivity contribution in [2.45, 2.75) is 12.5 Å². The SMILES string of the molecule is CNC(Cc1ccc(OC)c(F)c1)c1cn[nH]n1. The monoisotopic (exact) mass is 250 g/mol. The van der Waals surface area contributed by atoms with Gasteiger partial charge >= 0.3 is 0 Å². The molecule has 2 N–H and O–H groups in total. The number of halogens is 1. The summed E-state index contributed by atoms with van der Waals surface area (Å²) in [5.41, 5.74) is 1.67. The first kappa shape index (κ1) is 12.5. The van der Waals surface area contributed by atoms with Crippen LogP contribution in [0, 0.1) is 5.82 Å². The van der Waals surface area contributed by atoms with Crippen molar-refractivity contribution in [1.82, 2.24) is 20.7 Å². The van der Waals surface area contributed by atoms with Crippen molar-refractivity contribution >= 4 is 0 Å². The van der Waals surface area contributed by atoms with E-state index in [9.17, 15) is 4.39 Å². The van der Waals surface area contributed by atoms with E-state index in [4.69, 9.17) is 4.74 Å². The summed E-state index contributed by atoms with van der Waals surface area (Å²) in [5, 5.41) is 13.5. The zero-order valence-electron chi connectivity index (χ0n) is 10.3. The average molecular weight is 250 g/mol. The minimum atomic E-state index is -0.356. The summed E-state index contributed by atoms with van der Waals surface area (Å²) in [6.45, 7) is 0. The fourth-order valence-corrected chi connectivity index (χ4v) is 1.81. The first-order chi connectivity index (χ1) is 8.74. The number of hydrogen-bond donors (Lipinski definition) is 2. The van der Waals surface area contributed by atoms with Gasteiger partial charge < -0.3 is 10.1 Å². The van der Waals surface area contributed by atoms with Gasteiger partial charge in [0, 0.05) is 0 Å². The highest BCUT2D eigenvalue weighted by Gasteiger charge is 2.14. The molecule has 0 amide bonds. The third-order valence-electron chi connectivity index (χ3n) is 2.80. The van der Waals surface area contributed by atoms with Gasteiger partial charge in [-0.05, 0) is 31.2 Å². The van der Waals surface area contributed by atoms with Gasteiger partial charge in [-0.3, -0.25) is 0 Å². The maximum atomic E-state index is 13.6. The quantitative estimate of drug-likeness (QED) is 0.843. The van der Waals surface area contributed by atoms with Crippen molar-refractivity contribution in [2.24, 2.45) is 0 Å². The standard InChI is InChI=1S/C12H15FN4O/c1-14-10(11-7-15-17-16-11)6-8-3-4-12(18-2)9(13)5-8/h3-5,7,10,14H,6H2,1-2H3,(H,15,16,17). The van der Waals surface area contributed by atoms with Crippen LogP contribution in [-0.2, 0) is 6.42 Å². The molecule has 1 aromatic carbocycles. The molecule has 0 aliphatic rings. The third kappa shape index (κ3) is 2.65. The van der Waals surface area contributed by atoms with E-state index in [2.05, 4.69) is 20.7 Å². The molecule has 0 fully saturated rings. The van der Waals surface area contributed by atoms with Gasteiger partial charge in [-0.2, -0.15) is 15.4 Å². The summed E-state index contributed by atoms with van der Waals surface area (Å²) in [7, 11) is 3.28. The molecule has 96 valence electrons. The second-order valence-corrected chi connectivity index (χ2v) is 3.91. The normalized spacial score (nSPS) is 12.4. The zero-order valence-corrected chi connectivity index (χ0v) is 10.3. The fraction of sp³-hybridized carbons (Fsp3) is 0.333. The Morgan fingerprint density at radius 1 is 1.50 bits per heavy atom. The van der Waals surface area contributed by atoms with Crippen molar-refractivity contribution in [3.8, 4) is 5.75 Å². The largest absolute Gasteiger partial charge is 0.494 e. The smallest absolute Gasteiger partial charge is 0.165 e. The van der Waals surface area contributed by atoms with Crippen molar-refractivity contribution in [1.29, 1.82) is 0 Å². The van der Waals surface area contributed by atoms with Gasteiger partial charge in [-0.1, -0.05) is 6.07 Å². The second-order valence-electron chi connectivity index (χ2n) is 3.91. The van der Waals surface area contributed by atoms with Crippen LogP contribution >= 0.6 is 0 Å². The molecule has 0 bridgehead atoms. The van der Waals surface area contributed by atoms with Crippen LogP contribution in [0.2, 0.25) is 0 Å². The number of ether oxygens (including phenoxy) is 1. The van der Waals surface area contributed by atoms with Gasteiger partial charge in [0.25, 0.3) is 0 Å². The summed E-state index contributed by atoms with van der Waals surface area (Å²) >= 11 is 0. The van der Waals surface area contributed by atoms with Gasteiger partial charge in [0.15, 0.2) is 11.6 Å². The van der Waals surface area contributed by atoms with Gasteiger partial charge in [0.05, 0.1) is 25.0 Å². The van der Waals surface area contributed by atoms with Crippen LogP contribution < -0.4 is 10.1 Å². The van der Waals surface area contributed by atoms with Crippen LogP contribution in [0.4, 0.5) is 4.39 Å². The Morgan fingerprint density at radius 2 is 2.33 bits per heavy atom. The van der Waals surface area contributed by atoms with E-state index in [-0.39, 0.29) is 17.6 Å². The first-order valence-electron chi connectivity index (χ1n) is 5.60. The minimum absolute atomic E-state index is 0.00320.